The first kappa shape index (κ1) is 35.9. The number of nitrogens with zero attached hydrogens (tertiary/aromatic N) is 1. The van der Waals surface area contributed by atoms with E-state index >= 15 is 0 Å². The Morgan fingerprint density at radius 2 is 1.50 bits per heavy atom. The molecule has 0 fully saturated rings. The van der Waals surface area contributed by atoms with Crippen LogP contribution in [0.2, 0.25) is 0 Å². The lowest BCUT2D eigenvalue weighted by atomic mass is 9.88. The first-order valence-corrected chi connectivity index (χ1v) is 15.6. The summed E-state index contributed by atoms with van der Waals surface area (Å²) in [4.78, 5) is 0. The number of hydrogen-bond donors (Lipinski definition) is 0. The number of fused-ring (bicyclic) bond motifs is 1. The summed E-state index contributed by atoms with van der Waals surface area (Å²) in [7, 11) is 3.38. The van der Waals surface area contributed by atoms with Gasteiger partial charge in [-0.1, -0.05) is 89.5 Å². The second-order valence-electron chi connectivity index (χ2n) is 11.1. The molecule has 0 N–H and O–H groups in total. The lowest BCUT2D eigenvalue weighted by Gasteiger charge is -2.24. The van der Waals surface area contributed by atoms with E-state index in [-0.39, 0.29) is 17.0 Å². The maximum Gasteiger partial charge on any atom is 0.416 e. The van der Waals surface area contributed by atoms with Crippen molar-refractivity contribution in [2.45, 2.75) is 110 Å². The number of halogens is 4. The quantitative estimate of drug-likeness (QED) is 0.135. The van der Waals surface area contributed by atoms with Crippen molar-refractivity contribution in [3.8, 4) is 11.5 Å². The molecule has 0 amide bonds. The average Bonchev–Trinajstić information content (AvgIpc) is 2.96. The number of unbranched alkanes of at least 4 members (excludes halogenated alkanes) is 9. The van der Waals surface area contributed by atoms with E-state index in [1.54, 1.807) is 26.4 Å². The molecule has 2 aromatic rings. The van der Waals surface area contributed by atoms with Gasteiger partial charge in [0, 0.05) is 29.5 Å². The van der Waals surface area contributed by atoms with E-state index < -0.39 is 11.7 Å². The SMILES string of the molecule is CCCCCC/C=C\c1c2c(cc(OC)c1OC)C(CCCCCCCC)=[N+](Cc1ccc(C(F)(F)F)cc1)CC2.[Br-]. The Morgan fingerprint density at radius 3 is 2.12 bits per heavy atom. The van der Waals surface area contributed by atoms with E-state index in [9.17, 15) is 13.2 Å². The van der Waals surface area contributed by atoms with Gasteiger partial charge in [0.15, 0.2) is 23.8 Å². The fourth-order valence-corrected chi connectivity index (χ4v) is 5.77. The third-order valence-corrected chi connectivity index (χ3v) is 8.07. The lowest BCUT2D eigenvalue weighted by Crippen LogP contribution is -3.00. The summed E-state index contributed by atoms with van der Waals surface area (Å²) in [6.45, 7) is 5.85. The Bertz CT molecular complexity index is 1160. The molecular formula is C35H49BrF3NO2. The number of hydrogen-bond acceptors (Lipinski definition) is 2. The fourth-order valence-electron chi connectivity index (χ4n) is 5.77. The van der Waals surface area contributed by atoms with Crippen LogP contribution in [0.15, 0.2) is 36.4 Å². The van der Waals surface area contributed by atoms with Crippen molar-refractivity contribution in [1.29, 1.82) is 0 Å². The minimum Gasteiger partial charge on any atom is -1.00 e. The summed E-state index contributed by atoms with van der Waals surface area (Å²) < 4.78 is 53.5. The summed E-state index contributed by atoms with van der Waals surface area (Å²) in [5.41, 5.74) is 5.07. The lowest BCUT2D eigenvalue weighted by molar-refractivity contribution is -0.545. The highest BCUT2D eigenvalue weighted by molar-refractivity contribution is 6.00. The Hall–Kier alpha value is -2.28. The van der Waals surface area contributed by atoms with Crippen LogP contribution in [0.4, 0.5) is 13.2 Å². The summed E-state index contributed by atoms with van der Waals surface area (Å²) in [6, 6.07) is 7.72. The second kappa shape index (κ2) is 18.4. The van der Waals surface area contributed by atoms with Crippen molar-refractivity contribution in [1.82, 2.24) is 0 Å². The van der Waals surface area contributed by atoms with Gasteiger partial charge in [-0.05, 0) is 43.0 Å². The van der Waals surface area contributed by atoms with Gasteiger partial charge in [-0.2, -0.15) is 13.2 Å². The van der Waals surface area contributed by atoms with Gasteiger partial charge in [0.25, 0.3) is 0 Å². The average molecular weight is 653 g/mol. The van der Waals surface area contributed by atoms with E-state index in [0.29, 0.717) is 12.3 Å². The highest BCUT2D eigenvalue weighted by Crippen LogP contribution is 2.39. The van der Waals surface area contributed by atoms with E-state index in [1.165, 1.54) is 86.8 Å². The van der Waals surface area contributed by atoms with Gasteiger partial charge >= 0.3 is 6.18 Å². The van der Waals surface area contributed by atoms with E-state index in [2.05, 4.69) is 36.6 Å². The molecule has 3 nitrogen and oxygen atoms in total. The van der Waals surface area contributed by atoms with E-state index in [1.807, 2.05) is 0 Å². The minimum atomic E-state index is -4.33. The van der Waals surface area contributed by atoms with Crippen LogP contribution >= 0.6 is 0 Å². The maximum absolute atomic E-state index is 13.2. The normalized spacial score (nSPS) is 13.3. The summed E-state index contributed by atoms with van der Waals surface area (Å²) >= 11 is 0. The molecule has 3 rings (SSSR count). The third kappa shape index (κ3) is 10.2. The van der Waals surface area contributed by atoms with E-state index in [4.69, 9.17) is 9.47 Å². The number of rotatable bonds is 17. The number of methoxy groups -OCH3 is 2. The Balaban J connectivity index is 0.00000616. The topological polar surface area (TPSA) is 21.5 Å². The Kier molecular flexibility index (Phi) is 15.7. The molecule has 0 atom stereocenters. The summed E-state index contributed by atoms with van der Waals surface area (Å²) in [6.07, 6.45) is 15.1. The van der Waals surface area contributed by atoms with E-state index in [0.717, 1.165) is 49.1 Å². The molecule has 0 aromatic heterocycles. The molecule has 0 saturated heterocycles. The van der Waals surface area contributed by atoms with Gasteiger partial charge in [-0.25, -0.2) is 4.58 Å². The highest BCUT2D eigenvalue weighted by Gasteiger charge is 2.32. The summed E-state index contributed by atoms with van der Waals surface area (Å²) in [5, 5.41) is 0. The monoisotopic (exact) mass is 651 g/mol. The van der Waals surface area contributed by atoms with Crippen LogP contribution in [0.5, 0.6) is 11.5 Å². The molecule has 0 aliphatic carbocycles. The predicted molar refractivity (Wildman–Crippen MR) is 163 cm³/mol. The molecular weight excluding hydrogens is 603 g/mol. The van der Waals surface area contributed by atoms with Gasteiger partial charge in [0.1, 0.15) is 6.54 Å². The number of benzene rings is 2. The van der Waals surface area contributed by atoms with Crippen molar-refractivity contribution in [3.05, 3.63) is 64.2 Å². The first-order chi connectivity index (χ1) is 19.8. The van der Waals surface area contributed by atoms with Crippen LogP contribution in [-0.2, 0) is 19.1 Å². The molecule has 7 heteroatoms. The largest absolute Gasteiger partial charge is 1.00 e. The molecule has 1 aliphatic heterocycles. The van der Waals surface area contributed by atoms with Crippen LogP contribution in [0.25, 0.3) is 6.08 Å². The zero-order chi connectivity index (χ0) is 29.7. The predicted octanol–water partition coefficient (Wildman–Crippen LogP) is 7.02. The molecule has 0 saturated carbocycles. The van der Waals surface area contributed by atoms with Gasteiger partial charge in [0.2, 0.25) is 0 Å². The number of ether oxygens (including phenoxy) is 2. The molecule has 0 spiro atoms. The molecule has 1 heterocycles. The maximum atomic E-state index is 13.2. The van der Waals surface area contributed by atoms with Crippen LogP contribution in [0.3, 0.4) is 0 Å². The van der Waals surface area contributed by atoms with Crippen molar-refractivity contribution in [3.63, 3.8) is 0 Å². The van der Waals surface area contributed by atoms with Crippen molar-refractivity contribution >= 4 is 11.8 Å². The zero-order valence-corrected chi connectivity index (χ0v) is 27.5. The molecule has 1 aliphatic rings. The number of alkyl halides is 3. The molecule has 2 aromatic carbocycles. The first-order valence-electron chi connectivity index (χ1n) is 15.6. The van der Waals surface area contributed by atoms with Gasteiger partial charge in [-0.15, -0.1) is 0 Å². The molecule has 0 radical (unpaired) electrons. The standard InChI is InChI=1S/C35H49F3NO2.BrH/c1-5-7-9-11-13-15-17-30-29-23-24-39(26-27-19-21-28(22-20-27)35(36,37)38)32(18-16-14-12-10-8-6-2)31(29)25-33(40-3)34(30)41-4;/h15,17,19-22,25H,5-14,16,18,23-24,26H2,1-4H3;1H/q+1;/p-1/b17-15-;. The van der Waals surface area contributed by atoms with Crippen molar-refractivity contribution < 1.29 is 44.2 Å². The molecule has 234 valence electrons. The van der Waals surface area contributed by atoms with Gasteiger partial charge < -0.3 is 26.5 Å². The Labute approximate surface area is 262 Å². The van der Waals surface area contributed by atoms with Crippen molar-refractivity contribution in [2.24, 2.45) is 0 Å². The second-order valence-corrected chi connectivity index (χ2v) is 11.1. The molecule has 0 unspecified atom stereocenters. The summed E-state index contributed by atoms with van der Waals surface area (Å²) in [5.74, 6) is 1.49. The molecule has 42 heavy (non-hydrogen) atoms. The third-order valence-electron chi connectivity index (χ3n) is 8.07. The van der Waals surface area contributed by atoms with Crippen LogP contribution in [-0.4, -0.2) is 31.1 Å². The highest BCUT2D eigenvalue weighted by atomic mass is 79.9. The fraction of sp³-hybridized carbons (Fsp3) is 0.571. The van der Waals surface area contributed by atoms with Crippen LogP contribution in [0, 0.1) is 0 Å². The minimum absolute atomic E-state index is 0. The number of allylic oxidation sites excluding steroid dienone is 1. The zero-order valence-electron chi connectivity index (χ0n) is 25.9. The van der Waals surface area contributed by atoms with Gasteiger partial charge in [0.05, 0.1) is 19.8 Å². The Morgan fingerprint density at radius 1 is 0.857 bits per heavy atom. The smallest absolute Gasteiger partial charge is 0.416 e. The van der Waals surface area contributed by atoms with Crippen LogP contribution in [0.1, 0.15) is 119 Å². The molecule has 0 bridgehead atoms. The van der Waals surface area contributed by atoms with Crippen molar-refractivity contribution in [2.75, 3.05) is 20.8 Å². The van der Waals surface area contributed by atoms with Gasteiger partial charge in [-0.3, -0.25) is 0 Å². The van der Waals surface area contributed by atoms with Crippen LogP contribution < -0.4 is 26.5 Å².